The molecule has 2 heteroatoms. The summed E-state index contributed by atoms with van der Waals surface area (Å²) in [6, 6.07) is 0. The van der Waals surface area contributed by atoms with Crippen molar-refractivity contribution in [2.24, 2.45) is 0 Å². The first-order valence-electron chi connectivity index (χ1n) is 12.1. The monoisotopic (exact) mass is 378 g/mol. The van der Waals surface area contributed by atoms with Crippen LogP contribution in [0.25, 0.3) is 0 Å². The van der Waals surface area contributed by atoms with E-state index in [9.17, 15) is 0 Å². The quantitative estimate of drug-likeness (QED) is 0.106. The van der Waals surface area contributed by atoms with Crippen molar-refractivity contribution >= 4 is 26.8 Å². The molecule has 0 spiro atoms. The Bertz CT molecular complexity index is 194. The van der Waals surface area contributed by atoms with E-state index in [1.165, 1.54) is 116 Å². The molecule has 0 atom stereocenters. The van der Waals surface area contributed by atoms with Gasteiger partial charge in [-0.2, -0.15) is 0 Å². The topological polar surface area (TPSA) is 0 Å². The van der Waals surface area contributed by atoms with Crippen LogP contribution in [0.2, 0.25) is 0 Å². The fraction of sp³-hybridized carbons (Fsp3) is 1.00. The molecule has 0 rings (SSSR count). The number of rotatable bonds is 21. The van der Waals surface area contributed by atoms with Crippen LogP contribution in [0.3, 0.4) is 0 Å². The molecule has 26 heavy (non-hydrogen) atoms. The van der Waals surface area contributed by atoms with Crippen molar-refractivity contribution in [1.29, 1.82) is 0 Å². The average Bonchev–Trinajstić information content (AvgIpc) is 2.63. The van der Waals surface area contributed by atoms with Gasteiger partial charge in [-0.1, -0.05) is 117 Å². The molecule has 0 fully saturated rings. The SMILES string of the molecule is CCCCCCCCP(CCCCCCCC)CCCCCCCC.[LiH]. The van der Waals surface area contributed by atoms with Gasteiger partial charge in [0.15, 0.2) is 0 Å². The summed E-state index contributed by atoms with van der Waals surface area (Å²) in [5, 5.41) is 0. The summed E-state index contributed by atoms with van der Waals surface area (Å²) in [5.74, 6) is 0. The van der Waals surface area contributed by atoms with Gasteiger partial charge in [-0.15, -0.1) is 7.92 Å². The van der Waals surface area contributed by atoms with Gasteiger partial charge in [0.05, 0.1) is 0 Å². The van der Waals surface area contributed by atoms with Crippen molar-refractivity contribution in [3.8, 4) is 0 Å². The van der Waals surface area contributed by atoms with Gasteiger partial charge in [-0.05, 0) is 37.7 Å². The maximum atomic E-state index is 2.32. The third kappa shape index (κ3) is 23.1. The number of unbranched alkanes of at least 4 members (excludes halogenated alkanes) is 15. The van der Waals surface area contributed by atoms with Gasteiger partial charge in [-0.25, -0.2) is 0 Å². The predicted octanol–water partition coefficient (Wildman–Crippen LogP) is 8.90. The minimum absolute atomic E-state index is 0. The number of hydrogen-bond acceptors (Lipinski definition) is 0. The van der Waals surface area contributed by atoms with E-state index in [0.29, 0.717) is 7.92 Å². The second-order valence-electron chi connectivity index (χ2n) is 8.14. The Morgan fingerprint density at radius 3 is 0.846 bits per heavy atom. The first kappa shape index (κ1) is 29.2. The van der Waals surface area contributed by atoms with Crippen LogP contribution in [0.4, 0.5) is 0 Å². The van der Waals surface area contributed by atoms with E-state index in [0.717, 1.165) is 0 Å². The third-order valence-corrected chi connectivity index (χ3v) is 8.33. The molecule has 154 valence electrons. The van der Waals surface area contributed by atoms with Crippen LogP contribution >= 0.6 is 7.92 Å². The van der Waals surface area contributed by atoms with Gasteiger partial charge < -0.3 is 0 Å². The molecule has 0 unspecified atom stereocenters. The Morgan fingerprint density at radius 2 is 0.577 bits per heavy atom. The summed E-state index contributed by atoms with van der Waals surface area (Å²) < 4.78 is 0. The van der Waals surface area contributed by atoms with Crippen LogP contribution in [0.5, 0.6) is 0 Å². The molecule has 0 saturated carbocycles. The van der Waals surface area contributed by atoms with Gasteiger partial charge in [0.25, 0.3) is 0 Å². The van der Waals surface area contributed by atoms with Crippen molar-refractivity contribution < 1.29 is 0 Å². The Labute approximate surface area is 181 Å². The van der Waals surface area contributed by atoms with E-state index in [4.69, 9.17) is 0 Å². The van der Waals surface area contributed by atoms with Crippen molar-refractivity contribution in [1.82, 2.24) is 0 Å². The van der Waals surface area contributed by atoms with Crippen molar-refractivity contribution in [2.45, 2.75) is 136 Å². The summed E-state index contributed by atoms with van der Waals surface area (Å²) in [4.78, 5) is 0. The van der Waals surface area contributed by atoms with E-state index in [-0.39, 0.29) is 18.9 Å². The molecule has 0 N–H and O–H groups in total. The van der Waals surface area contributed by atoms with Gasteiger partial charge in [-0.3, -0.25) is 0 Å². The molecule has 0 aliphatic carbocycles. The summed E-state index contributed by atoms with van der Waals surface area (Å²) in [7, 11) is 0.366. The zero-order valence-corrected chi connectivity index (χ0v) is 19.2. The van der Waals surface area contributed by atoms with Gasteiger partial charge in [0, 0.05) is 0 Å². The maximum absolute atomic E-state index is 2.32. The van der Waals surface area contributed by atoms with E-state index < -0.39 is 0 Å². The molecule has 0 nitrogen and oxygen atoms in total. The Kier molecular flexibility index (Phi) is 29.3. The van der Waals surface area contributed by atoms with E-state index in [2.05, 4.69) is 20.8 Å². The van der Waals surface area contributed by atoms with Crippen LogP contribution in [0.1, 0.15) is 136 Å². The molecular formula is C24H52LiP. The molecular weight excluding hydrogens is 326 g/mol. The van der Waals surface area contributed by atoms with Crippen LogP contribution in [0.15, 0.2) is 0 Å². The van der Waals surface area contributed by atoms with Crippen LogP contribution < -0.4 is 0 Å². The Morgan fingerprint density at radius 1 is 0.346 bits per heavy atom. The van der Waals surface area contributed by atoms with Gasteiger partial charge in [0.2, 0.25) is 0 Å². The van der Waals surface area contributed by atoms with E-state index >= 15 is 0 Å². The molecule has 0 aromatic carbocycles. The molecule has 0 aromatic heterocycles. The minimum atomic E-state index is 0. The molecule has 0 aliphatic heterocycles. The summed E-state index contributed by atoms with van der Waals surface area (Å²) >= 11 is 0. The van der Waals surface area contributed by atoms with E-state index in [1.54, 1.807) is 18.5 Å². The second-order valence-corrected chi connectivity index (χ2v) is 10.8. The fourth-order valence-corrected chi connectivity index (χ4v) is 6.37. The fourth-order valence-electron chi connectivity index (χ4n) is 3.68. The summed E-state index contributed by atoms with van der Waals surface area (Å²) in [6.45, 7) is 6.96. The first-order valence-corrected chi connectivity index (χ1v) is 14.0. The zero-order valence-electron chi connectivity index (χ0n) is 18.3. The van der Waals surface area contributed by atoms with Crippen molar-refractivity contribution in [2.75, 3.05) is 18.5 Å². The van der Waals surface area contributed by atoms with Gasteiger partial charge in [0.1, 0.15) is 0 Å². The molecule has 0 aromatic rings. The predicted molar refractivity (Wildman–Crippen MR) is 129 cm³/mol. The molecule has 0 bridgehead atoms. The third-order valence-electron chi connectivity index (χ3n) is 5.48. The van der Waals surface area contributed by atoms with Crippen LogP contribution in [-0.2, 0) is 0 Å². The number of hydrogen-bond donors (Lipinski definition) is 0. The van der Waals surface area contributed by atoms with Crippen molar-refractivity contribution in [3.63, 3.8) is 0 Å². The molecule has 0 radical (unpaired) electrons. The molecule has 0 saturated heterocycles. The van der Waals surface area contributed by atoms with Crippen LogP contribution in [0, 0.1) is 0 Å². The van der Waals surface area contributed by atoms with E-state index in [1.807, 2.05) is 0 Å². The Hall–Kier alpha value is 1.03. The summed E-state index contributed by atoms with van der Waals surface area (Å²) in [5.41, 5.74) is 0. The molecule has 0 heterocycles. The van der Waals surface area contributed by atoms with Crippen LogP contribution in [-0.4, -0.2) is 37.3 Å². The van der Waals surface area contributed by atoms with Crippen molar-refractivity contribution in [3.05, 3.63) is 0 Å². The summed E-state index contributed by atoms with van der Waals surface area (Å²) in [6.07, 6.45) is 31.2. The van der Waals surface area contributed by atoms with Gasteiger partial charge >= 0.3 is 18.9 Å². The standard InChI is InChI=1S/C24H51P.Li.H/c1-4-7-10-13-16-19-22-25(23-20-17-14-11-8-5-2)24-21-18-15-12-9-6-3;;/h4-24H2,1-3H3;;. The Balaban J connectivity index is 0. The average molecular weight is 379 g/mol. The molecule has 0 amide bonds. The normalized spacial score (nSPS) is 11.1. The second kappa shape index (κ2) is 26.0. The molecule has 0 aliphatic rings. The first-order chi connectivity index (χ1) is 12.3. The zero-order chi connectivity index (χ0) is 18.4.